The number of carbonyl (C=O) groups excluding carboxylic acids is 1. The van der Waals surface area contributed by atoms with Gasteiger partial charge in [0.25, 0.3) is 0 Å². The highest BCUT2D eigenvalue weighted by molar-refractivity contribution is 5.81. The van der Waals surface area contributed by atoms with Crippen LogP contribution in [-0.4, -0.2) is 36.9 Å². The number of nitrogens with two attached hydrogens (primary N) is 1. The fraction of sp³-hybridized carbons (Fsp3) is 0.364. The molecule has 3 rings (SSSR count). The first-order valence-electron chi connectivity index (χ1n) is 9.39. The van der Waals surface area contributed by atoms with Crippen molar-refractivity contribution >= 4 is 12.1 Å². The van der Waals surface area contributed by atoms with Crippen LogP contribution in [0.5, 0.6) is 0 Å². The van der Waals surface area contributed by atoms with Gasteiger partial charge in [0.1, 0.15) is 12.6 Å². The second-order valence-electron chi connectivity index (χ2n) is 6.99. The zero-order valence-corrected chi connectivity index (χ0v) is 16.5. The summed E-state index contributed by atoms with van der Waals surface area (Å²) in [4.78, 5) is 23.4. The van der Waals surface area contributed by atoms with Crippen LogP contribution < -0.4 is 11.1 Å². The van der Waals surface area contributed by atoms with E-state index in [1.54, 1.807) is 0 Å². The van der Waals surface area contributed by atoms with Gasteiger partial charge in [0.15, 0.2) is 0 Å². The van der Waals surface area contributed by atoms with Crippen LogP contribution in [0.1, 0.15) is 37.3 Å². The normalized spacial score (nSPS) is 13.0. The van der Waals surface area contributed by atoms with E-state index in [-0.39, 0.29) is 18.4 Å². The van der Waals surface area contributed by atoms with Crippen molar-refractivity contribution < 1.29 is 19.4 Å². The molecule has 0 unspecified atom stereocenters. The van der Waals surface area contributed by atoms with Gasteiger partial charge in [0, 0.05) is 5.92 Å². The lowest BCUT2D eigenvalue weighted by molar-refractivity contribution is -0.139. The van der Waals surface area contributed by atoms with Crippen LogP contribution in [0.4, 0.5) is 4.79 Å². The van der Waals surface area contributed by atoms with Crippen molar-refractivity contribution in [2.24, 2.45) is 11.7 Å². The van der Waals surface area contributed by atoms with Gasteiger partial charge in [-0.2, -0.15) is 0 Å². The highest BCUT2D eigenvalue weighted by Crippen LogP contribution is 2.44. The maximum absolute atomic E-state index is 12.1. The molecule has 2 aromatic rings. The average molecular weight is 384 g/mol. The van der Waals surface area contributed by atoms with E-state index in [1.807, 2.05) is 50.2 Å². The number of amides is 1. The first kappa shape index (κ1) is 21.4. The van der Waals surface area contributed by atoms with Crippen molar-refractivity contribution in [1.29, 1.82) is 0 Å². The Labute approximate surface area is 165 Å². The van der Waals surface area contributed by atoms with Crippen LogP contribution in [0.25, 0.3) is 11.1 Å². The summed E-state index contributed by atoms with van der Waals surface area (Å²) in [5.74, 6) is -0.932. The summed E-state index contributed by atoms with van der Waals surface area (Å²) >= 11 is 0. The highest BCUT2D eigenvalue weighted by Gasteiger charge is 2.29. The second kappa shape index (κ2) is 9.90. The molecule has 1 aliphatic rings. The topological polar surface area (TPSA) is 102 Å². The third kappa shape index (κ3) is 4.89. The maximum atomic E-state index is 12.1. The summed E-state index contributed by atoms with van der Waals surface area (Å²) in [6, 6.07) is 15.2. The molecule has 0 fully saturated rings. The van der Waals surface area contributed by atoms with E-state index in [2.05, 4.69) is 23.2 Å². The lowest BCUT2D eigenvalue weighted by Crippen LogP contribution is -2.42. The van der Waals surface area contributed by atoms with Crippen molar-refractivity contribution in [3.05, 3.63) is 59.7 Å². The standard InChI is InChI=1S/C21H23NO4.CH5N/c1-13(2)11-19(20(23)24)22-21(25)26-12-18-16-9-5-3-7-14(16)15-8-4-6-10-17(15)18;1-2/h3-10,13,18-19H,11-12H2,1-2H3,(H,22,25)(H,23,24);2H2,1H3/t19-;/m0./s1. The maximum Gasteiger partial charge on any atom is 0.407 e. The van der Waals surface area contributed by atoms with E-state index in [4.69, 9.17) is 4.74 Å². The zero-order valence-electron chi connectivity index (χ0n) is 16.5. The summed E-state index contributed by atoms with van der Waals surface area (Å²) in [7, 11) is 1.50. The molecule has 6 heteroatoms. The molecule has 0 radical (unpaired) electrons. The number of rotatable bonds is 6. The fourth-order valence-electron chi connectivity index (χ4n) is 3.48. The molecule has 1 amide bonds. The van der Waals surface area contributed by atoms with E-state index >= 15 is 0 Å². The second-order valence-corrected chi connectivity index (χ2v) is 6.99. The van der Waals surface area contributed by atoms with Crippen LogP contribution in [0.15, 0.2) is 48.5 Å². The molecule has 0 saturated heterocycles. The minimum Gasteiger partial charge on any atom is -0.480 e. The third-order valence-electron chi connectivity index (χ3n) is 4.64. The molecule has 0 aliphatic heterocycles. The van der Waals surface area contributed by atoms with Gasteiger partial charge in [-0.15, -0.1) is 0 Å². The number of benzene rings is 2. The molecule has 0 bridgehead atoms. The molecule has 0 aromatic heterocycles. The van der Waals surface area contributed by atoms with E-state index in [1.165, 1.54) is 7.05 Å². The van der Waals surface area contributed by atoms with Crippen LogP contribution in [0.2, 0.25) is 0 Å². The number of carboxylic acids is 1. The summed E-state index contributed by atoms with van der Waals surface area (Å²) in [6.07, 6.45) is -0.334. The smallest absolute Gasteiger partial charge is 0.407 e. The Morgan fingerprint density at radius 2 is 1.54 bits per heavy atom. The minimum atomic E-state index is -1.05. The van der Waals surface area contributed by atoms with E-state index in [0.29, 0.717) is 6.42 Å². The molecule has 28 heavy (non-hydrogen) atoms. The molecule has 0 spiro atoms. The Bertz CT molecular complexity index is 774. The first-order chi connectivity index (χ1) is 13.5. The van der Waals surface area contributed by atoms with Gasteiger partial charge in [-0.05, 0) is 41.6 Å². The fourth-order valence-corrected chi connectivity index (χ4v) is 3.48. The summed E-state index contributed by atoms with van der Waals surface area (Å²) < 4.78 is 5.39. The minimum absolute atomic E-state index is 0.0403. The van der Waals surface area contributed by atoms with E-state index < -0.39 is 18.1 Å². The molecule has 0 saturated carbocycles. The summed E-state index contributed by atoms with van der Waals surface area (Å²) in [6.45, 7) is 4.00. The molecule has 4 N–H and O–H groups in total. The lowest BCUT2D eigenvalue weighted by atomic mass is 9.98. The van der Waals surface area contributed by atoms with Crippen LogP contribution in [0.3, 0.4) is 0 Å². The van der Waals surface area contributed by atoms with Gasteiger partial charge >= 0.3 is 12.1 Å². The van der Waals surface area contributed by atoms with Crippen LogP contribution >= 0.6 is 0 Å². The monoisotopic (exact) mass is 384 g/mol. The quantitative estimate of drug-likeness (QED) is 0.706. The molecule has 150 valence electrons. The Morgan fingerprint density at radius 1 is 1.04 bits per heavy atom. The van der Waals surface area contributed by atoms with Crippen molar-refractivity contribution in [1.82, 2.24) is 5.32 Å². The molecule has 1 atom stereocenters. The number of ether oxygens (including phenoxy) is 1. The van der Waals surface area contributed by atoms with Crippen molar-refractivity contribution in [2.75, 3.05) is 13.7 Å². The summed E-state index contributed by atoms with van der Waals surface area (Å²) in [5, 5.41) is 11.7. The van der Waals surface area contributed by atoms with E-state index in [9.17, 15) is 14.7 Å². The van der Waals surface area contributed by atoms with Gasteiger partial charge in [-0.25, -0.2) is 9.59 Å². The van der Waals surface area contributed by atoms with Crippen molar-refractivity contribution in [3.63, 3.8) is 0 Å². The van der Waals surface area contributed by atoms with Gasteiger partial charge < -0.3 is 20.9 Å². The lowest BCUT2D eigenvalue weighted by Gasteiger charge is -2.18. The molecular weight excluding hydrogens is 356 g/mol. The number of hydrogen-bond acceptors (Lipinski definition) is 4. The molecular formula is C22H28N2O4. The number of nitrogens with one attached hydrogen (secondary N) is 1. The largest absolute Gasteiger partial charge is 0.480 e. The van der Waals surface area contributed by atoms with Crippen molar-refractivity contribution in [2.45, 2.75) is 32.2 Å². The first-order valence-corrected chi connectivity index (χ1v) is 9.39. The van der Waals surface area contributed by atoms with Gasteiger partial charge in [-0.1, -0.05) is 62.4 Å². The van der Waals surface area contributed by atoms with Gasteiger partial charge in [0.05, 0.1) is 0 Å². The van der Waals surface area contributed by atoms with E-state index in [0.717, 1.165) is 22.3 Å². The molecule has 6 nitrogen and oxygen atoms in total. The van der Waals surface area contributed by atoms with Crippen molar-refractivity contribution in [3.8, 4) is 11.1 Å². The van der Waals surface area contributed by atoms with Crippen LogP contribution in [-0.2, 0) is 9.53 Å². The average Bonchev–Trinajstić information content (AvgIpc) is 3.01. The number of aliphatic carboxylic acids is 1. The van der Waals surface area contributed by atoms with Gasteiger partial charge in [-0.3, -0.25) is 0 Å². The molecule has 0 heterocycles. The SMILES string of the molecule is CC(C)C[C@H](NC(=O)OCC1c2ccccc2-c2ccccc21)C(=O)O.CN. The predicted molar refractivity (Wildman–Crippen MR) is 109 cm³/mol. The number of alkyl carbamates (subject to hydrolysis) is 1. The number of hydrogen-bond donors (Lipinski definition) is 3. The Hall–Kier alpha value is -2.86. The number of carboxylic acid groups (broad SMARTS) is 1. The Balaban J connectivity index is 0.00000136. The van der Waals surface area contributed by atoms with Gasteiger partial charge in [0.2, 0.25) is 0 Å². The highest BCUT2D eigenvalue weighted by atomic mass is 16.5. The third-order valence-corrected chi connectivity index (χ3v) is 4.64. The molecule has 1 aliphatic carbocycles. The Morgan fingerprint density at radius 3 is 2.00 bits per heavy atom. The van der Waals surface area contributed by atoms with Crippen LogP contribution in [0, 0.1) is 5.92 Å². The number of carbonyl (C=O) groups is 2. The molecule has 2 aromatic carbocycles. The Kier molecular flexibility index (Phi) is 7.58. The zero-order chi connectivity index (χ0) is 20.7. The predicted octanol–water partition coefficient (Wildman–Crippen LogP) is 3.60. The summed E-state index contributed by atoms with van der Waals surface area (Å²) in [5.41, 5.74) is 9.05. The number of fused-ring (bicyclic) bond motifs is 3.